The molecule has 0 radical (unpaired) electrons. The molecule has 5 heteroatoms. The van der Waals surface area contributed by atoms with E-state index in [-0.39, 0.29) is 11.9 Å². The van der Waals surface area contributed by atoms with Crippen LogP contribution in [0.2, 0.25) is 0 Å². The number of hydrogen-bond donors (Lipinski definition) is 3. The summed E-state index contributed by atoms with van der Waals surface area (Å²) in [6.07, 6.45) is 0.0680. The molecule has 1 amide bonds. The van der Waals surface area contributed by atoms with Crippen molar-refractivity contribution in [3.63, 3.8) is 0 Å². The Morgan fingerprint density at radius 2 is 2.35 bits per heavy atom. The van der Waals surface area contributed by atoms with Gasteiger partial charge in [-0.1, -0.05) is 0 Å². The van der Waals surface area contributed by atoms with Gasteiger partial charge in [0.15, 0.2) is 0 Å². The van der Waals surface area contributed by atoms with E-state index in [1.807, 2.05) is 25.1 Å². The molecule has 1 aliphatic heterocycles. The van der Waals surface area contributed by atoms with Crippen molar-refractivity contribution < 1.29 is 9.90 Å². The maximum Gasteiger partial charge on any atom is 0.241 e. The summed E-state index contributed by atoms with van der Waals surface area (Å²) in [5.74, 6) is -0.0779. The van der Waals surface area contributed by atoms with Crippen LogP contribution in [-0.2, 0) is 4.79 Å². The topological polar surface area (TPSA) is 61.4 Å². The van der Waals surface area contributed by atoms with Crippen molar-refractivity contribution in [2.75, 3.05) is 11.9 Å². The first-order valence-corrected chi connectivity index (χ1v) is 6.62. The maximum atomic E-state index is 11.9. The Morgan fingerprint density at radius 3 is 2.94 bits per heavy atom. The van der Waals surface area contributed by atoms with Crippen LogP contribution >= 0.6 is 22.6 Å². The summed E-state index contributed by atoms with van der Waals surface area (Å²) in [5, 5.41) is 15.2. The van der Waals surface area contributed by atoms with Crippen molar-refractivity contribution in [2.24, 2.45) is 0 Å². The van der Waals surface area contributed by atoms with Crippen molar-refractivity contribution in [1.29, 1.82) is 0 Å². The van der Waals surface area contributed by atoms with Gasteiger partial charge in [-0.2, -0.15) is 0 Å². The third-order valence-corrected chi connectivity index (χ3v) is 3.54. The fourth-order valence-electron chi connectivity index (χ4n) is 1.90. The molecule has 2 atom stereocenters. The van der Waals surface area contributed by atoms with Crippen LogP contribution in [0.4, 0.5) is 5.69 Å². The minimum Gasteiger partial charge on any atom is -0.392 e. The van der Waals surface area contributed by atoms with Gasteiger partial charge in [0.05, 0.1) is 12.1 Å². The smallest absolute Gasteiger partial charge is 0.241 e. The summed E-state index contributed by atoms with van der Waals surface area (Å²) in [6.45, 7) is 2.46. The summed E-state index contributed by atoms with van der Waals surface area (Å²) >= 11 is 2.24. The number of aryl methyl sites for hydroxylation is 1. The molecule has 1 saturated heterocycles. The van der Waals surface area contributed by atoms with Gasteiger partial charge in [-0.05, 0) is 59.7 Å². The zero-order valence-corrected chi connectivity index (χ0v) is 11.7. The highest BCUT2D eigenvalue weighted by atomic mass is 127. The van der Waals surface area contributed by atoms with Crippen molar-refractivity contribution >= 4 is 34.2 Å². The number of benzene rings is 1. The van der Waals surface area contributed by atoms with Gasteiger partial charge < -0.3 is 15.7 Å². The van der Waals surface area contributed by atoms with Crippen molar-refractivity contribution in [3.8, 4) is 0 Å². The van der Waals surface area contributed by atoms with Gasteiger partial charge in [-0.3, -0.25) is 4.79 Å². The van der Waals surface area contributed by atoms with Gasteiger partial charge in [0.25, 0.3) is 0 Å². The highest BCUT2D eigenvalue weighted by Gasteiger charge is 2.28. The summed E-state index contributed by atoms with van der Waals surface area (Å²) in [7, 11) is 0. The zero-order chi connectivity index (χ0) is 12.4. The number of carbonyl (C=O) groups is 1. The van der Waals surface area contributed by atoms with Crippen molar-refractivity contribution in [1.82, 2.24) is 5.32 Å². The molecule has 2 unspecified atom stereocenters. The molecule has 4 nitrogen and oxygen atoms in total. The highest BCUT2D eigenvalue weighted by molar-refractivity contribution is 14.1. The van der Waals surface area contributed by atoms with E-state index in [0.717, 1.165) is 14.8 Å². The maximum absolute atomic E-state index is 11.9. The van der Waals surface area contributed by atoms with Crippen LogP contribution in [0.15, 0.2) is 18.2 Å². The Kier molecular flexibility index (Phi) is 4.01. The normalized spacial score (nSPS) is 23.7. The first-order chi connectivity index (χ1) is 8.06. The van der Waals surface area contributed by atoms with Gasteiger partial charge in [-0.25, -0.2) is 0 Å². The lowest BCUT2D eigenvalue weighted by Gasteiger charge is -2.13. The van der Waals surface area contributed by atoms with Crippen molar-refractivity contribution in [3.05, 3.63) is 27.3 Å². The van der Waals surface area contributed by atoms with Crippen molar-refractivity contribution in [2.45, 2.75) is 25.5 Å². The lowest BCUT2D eigenvalue weighted by molar-refractivity contribution is -0.117. The summed E-state index contributed by atoms with van der Waals surface area (Å²) in [4.78, 5) is 11.9. The second-order valence-electron chi connectivity index (χ2n) is 4.30. The molecule has 0 aliphatic carbocycles. The number of nitrogens with one attached hydrogen (secondary N) is 2. The molecular weight excluding hydrogens is 331 g/mol. The van der Waals surface area contributed by atoms with Crippen LogP contribution in [0.3, 0.4) is 0 Å². The lowest BCUT2D eigenvalue weighted by atomic mass is 10.1. The number of aliphatic hydroxyl groups excluding tert-OH is 1. The summed E-state index contributed by atoms with van der Waals surface area (Å²) in [5.41, 5.74) is 1.88. The number of rotatable bonds is 2. The minimum atomic E-state index is -0.413. The molecule has 0 saturated carbocycles. The van der Waals surface area contributed by atoms with Crippen LogP contribution < -0.4 is 10.6 Å². The molecule has 1 heterocycles. The fraction of sp³-hybridized carbons (Fsp3) is 0.417. The number of hydrogen-bond acceptors (Lipinski definition) is 3. The summed E-state index contributed by atoms with van der Waals surface area (Å²) in [6, 6.07) is 5.59. The van der Waals surface area contributed by atoms with Gasteiger partial charge >= 0.3 is 0 Å². The second kappa shape index (κ2) is 5.32. The average molecular weight is 346 g/mol. The van der Waals surface area contributed by atoms with Gasteiger partial charge in [0.1, 0.15) is 0 Å². The molecule has 0 bridgehead atoms. The van der Waals surface area contributed by atoms with Crippen LogP contribution in [0, 0.1) is 10.5 Å². The SMILES string of the molecule is Cc1cc(I)ccc1NC(=O)C1CC(O)CN1. The van der Waals surface area contributed by atoms with E-state index in [1.54, 1.807) is 0 Å². The molecular formula is C12H15IN2O2. The monoisotopic (exact) mass is 346 g/mol. The summed E-state index contributed by atoms with van der Waals surface area (Å²) < 4.78 is 1.15. The zero-order valence-electron chi connectivity index (χ0n) is 9.53. The van der Waals surface area contributed by atoms with Gasteiger partial charge in [0, 0.05) is 15.8 Å². The van der Waals surface area contributed by atoms with Crippen LogP contribution in [-0.4, -0.2) is 29.7 Å². The Balaban J connectivity index is 2.03. The van der Waals surface area contributed by atoms with Crippen LogP contribution in [0.5, 0.6) is 0 Å². The Hall–Kier alpha value is -0.660. The highest BCUT2D eigenvalue weighted by Crippen LogP contribution is 2.18. The Labute approximate surface area is 114 Å². The largest absolute Gasteiger partial charge is 0.392 e. The quantitative estimate of drug-likeness (QED) is 0.707. The Morgan fingerprint density at radius 1 is 1.59 bits per heavy atom. The standard InChI is InChI=1S/C12H15IN2O2/c1-7-4-8(13)2-3-10(7)15-12(17)11-5-9(16)6-14-11/h2-4,9,11,14,16H,5-6H2,1H3,(H,15,17). The van der Waals surface area contributed by atoms with Gasteiger partial charge in [0.2, 0.25) is 5.91 Å². The van der Waals surface area contributed by atoms with E-state index in [0.29, 0.717) is 13.0 Å². The first kappa shape index (κ1) is 12.8. The number of carbonyl (C=O) groups excluding carboxylic acids is 1. The molecule has 2 rings (SSSR count). The second-order valence-corrected chi connectivity index (χ2v) is 5.54. The third kappa shape index (κ3) is 3.17. The Bertz CT molecular complexity index is 437. The third-order valence-electron chi connectivity index (χ3n) is 2.87. The molecule has 92 valence electrons. The fourth-order valence-corrected chi connectivity index (χ4v) is 2.55. The number of aliphatic hydroxyl groups is 1. The molecule has 3 N–H and O–H groups in total. The molecule has 1 fully saturated rings. The minimum absolute atomic E-state index is 0.0779. The van der Waals surface area contributed by atoms with Crippen LogP contribution in [0.1, 0.15) is 12.0 Å². The molecule has 1 aromatic rings. The van der Waals surface area contributed by atoms with E-state index in [9.17, 15) is 9.90 Å². The predicted octanol–water partition coefficient (Wildman–Crippen LogP) is 1.26. The van der Waals surface area contributed by atoms with E-state index in [2.05, 4.69) is 33.2 Å². The molecule has 17 heavy (non-hydrogen) atoms. The molecule has 1 aliphatic rings. The van der Waals surface area contributed by atoms with E-state index in [1.165, 1.54) is 0 Å². The number of halogens is 1. The van der Waals surface area contributed by atoms with E-state index < -0.39 is 6.10 Å². The number of β-amino-alcohol motifs (C(OH)–C–C–N with tert-alkyl or cyclic N) is 1. The van der Waals surface area contributed by atoms with E-state index in [4.69, 9.17) is 0 Å². The predicted molar refractivity (Wildman–Crippen MR) is 74.9 cm³/mol. The first-order valence-electron chi connectivity index (χ1n) is 5.54. The number of amides is 1. The molecule has 0 spiro atoms. The number of anilines is 1. The molecule has 0 aromatic heterocycles. The van der Waals surface area contributed by atoms with E-state index >= 15 is 0 Å². The van der Waals surface area contributed by atoms with Gasteiger partial charge in [-0.15, -0.1) is 0 Å². The lowest BCUT2D eigenvalue weighted by Crippen LogP contribution is -2.35. The molecule has 1 aromatic carbocycles. The average Bonchev–Trinajstić information content (AvgIpc) is 2.69. The van der Waals surface area contributed by atoms with Crippen LogP contribution in [0.25, 0.3) is 0 Å².